The molecule has 1 aliphatic heterocycles. The van der Waals surface area contributed by atoms with E-state index in [1.54, 1.807) is 46.0 Å². The van der Waals surface area contributed by atoms with Crippen molar-refractivity contribution in [3.8, 4) is 0 Å². The summed E-state index contributed by atoms with van der Waals surface area (Å²) in [6.07, 6.45) is -1.10. The zero-order chi connectivity index (χ0) is 29.4. The minimum Gasteiger partial charge on any atom is -0.372 e. The van der Waals surface area contributed by atoms with E-state index in [4.69, 9.17) is 11.6 Å². The number of alkyl halides is 3. The van der Waals surface area contributed by atoms with Crippen LogP contribution in [0.25, 0.3) is 5.70 Å². The van der Waals surface area contributed by atoms with Crippen molar-refractivity contribution in [1.82, 2.24) is 25.6 Å². The number of hydrogen-bond acceptors (Lipinski definition) is 7. The molecule has 1 amide bonds. The molecule has 0 spiro atoms. The number of likely N-dealkylation sites (N-methyl/N-ethyl adjacent to an activating group) is 2. The number of aromatic nitrogens is 2. The van der Waals surface area contributed by atoms with Crippen molar-refractivity contribution in [2.45, 2.75) is 20.0 Å². The second-order valence-corrected chi connectivity index (χ2v) is 10.3. The lowest BCUT2D eigenvalue weighted by Crippen LogP contribution is -2.36. The number of hydrogen-bond donors (Lipinski definition) is 3. The van der Waals surface area contributed by atoms with E-state index < -0.39 is 22.7 Å². The summed E-state index contributed by atoms with van der Waals surface area (Å²) in [5.74, 6) is -0.557. The minimum atomic E-state index is -4.70. The van der Waals surface area contributed by atoms with Gasteiger partial charge in [-0.25, -0.2) is 0 Å². The van der Waals surface area contributed by atoms with Gasteiger partial charge in [-0.05, 0) is 57.8 Å². The number of nitrogens with one attached hydrogen (secondary N) is 3. The Morgan fingerprint density at radius 2 is 1.85 bits per heavy atom. The zero-order valence-electron chi connectivity index (χ0n) is 23.1. The fourth-order valence-corrected chi connectivity index (χ4v) is 4.55. The van der Waals surface area contributed by atoms with Gasteiger partial charge in [0.2, 0.25) is 0 Å². The van der Waals surface area contributed by atoms with E-state index in [-0.39, 0.29) is 16.9 Å². The summed E-state index contributed by atoms with van der Waals surface area (Å²) in [5, 5.41) is 8.21. The van der Waals surface area contributed by atoms with Gasteiger partial charge in [-0.1, -0.05) is 17.7 Å². The summed E-state index contributed by atoms with van der Waals surface area (Å²) in [5.41, 5.74) is 9.84. The normalized spacial score (nSPS) is 13.5. The minimum absolute atomic E-state index is 0.00856. The maximum Gasteiger partial charge on any atom is 0.417 e. The summed E-state index contributed by atoms with van der Waals surface area (Å²) in [4.78, 5) is 16.8. The number of carbonyl (C=O) groups excluding carboxylic acids is 1. The summed E-state index contributed by atoms with van der Waals surface area (Å²) < 4.78 is 43.3. The number of rotatable bonds is 8. The van der Waals surface area contributed by atoms with Crippen LogP contribution in [-0.2, 0) is 13.2 Å². The predicted octanol–water partition coefficient (Wildman–Crippen LogP) is 4.79. The molecule has 2 heterocycles. The Hall–Kier alpha value is -3.74. The number of hydrazine groups is 2. The molecule has 2 aromatic carbocycles. The number of carbonyl (C=O) groups is 1. The molecule has 0 radical (unpaired) electrons. The standard InChI is InChI=1S/C27H32ClF3N8O/c1-16-7-8-18(11-23(16)39-15-22(34-35-39)20-14-32-38(6)17(20)2)26(40)33-19-12-21(27(29,30)31)25(28)24(13-19)37(5)10-9-36(3)4/h7-8,11-15,34-35H,9-10H2,1-6H3,(H,33,40). The molecule has 4 rings (SSSR count). The number of benzene rings is 2. The monoisotopic (exact) mass is 576 g/mol. The second-order valence-electron chi connectivity index (χ2n) is 9.95. The van der Waals surface area contributed by atoms with Gasteiger partial charge < -0.3 is 20.5 Å². The Morgan fingerprint density at radius 3 is 2.48 bits per heavy atom. The third kappa shape index (κ3) is 6.19. The molecule has 214 valence electrons. The van der Waals surface area contributed by atoms with Gasteiger partial charge in [-0.2, -0.15) is 18.3 Å². The van der Waals surface area contributed by atoms with Crippen molar-refractivity contribution in [2.75, 3.05) is 49.5 Å². The van der Waals surface area contributed by atoms with Gasteiger partial charge in [0.15, 0.2) is 0 Å². The van der Waals surface area contributed by atoms with Gasteiger partial charge in [-0.15, -0.1) is 5.53 Å². The molecule has 0 bridgehead atoms. The Morgan fingerprint density at radius 1 is 1.12 bits per heavy atom. The Labute approximate surface area is 236 Å². The lowest BCUT2D eigenvalue weighted by molar-refractivity contribution is -0.137. The van der Waals surface area contributed by atoms with E-state index in [1.165, 1.54) is 6.07 Å². The molecular formula is C27H32ClF3N8O. The highest BCUT2D eigenvalue weighted by atomic mass is 35.5. The summed E-state index contributed by atoms with van der Waals surface area (Å²) in [6, 6.07) is 7.38. The van der Waals surface area contributed by atoms with Crippen molar-refractivity contribution < 1.29 is 18.0 Å². The van der Waals surface area contributed by atoms with Crippen LogP contribution in [0.5, 0.6) is 0 Å². The fraction of sp³-hybridized carbons (Fsp3) is 0.333. The van der Waals surface area contributed by atoms with Crippen LogP contribution in [0.3, 0.4) is 0 Å². The number of aryl methyl sites for hydroxylation is 2. The molecule has 1 aromatic heterocycles. The first-order valence-electron chi connectivity index (χ1n) is 12.5. The first-order valence-corrected chi connectivity index (χ1v) is 12.8. The molecular weight excluding hydrogens is 545 g/mol. The molecule has 9 nitrogen and oxygen atoms in total. The van der Waals surface area contributed by atoms with Crippen LogP contribution in [0.15, 0.2) is 42.7 Å². The Bertz CT molecular complexity index is 1450. The fourth-order valence-electron chi connectivity index (χ4n) is 4.19. The first-order chi connectivity index (χ1) is 18.8. The molecule has 1 aliphatic rings. The molecule has 0 saturated heterocycles. The number of anilines is 3. The quantitative estimate of drug-likeness (QED) is 0.356. The molecule has 0 atom stereocenters. The van der Waals surface area contributed by atoms with Crippen LogP contribution in [0, 0.1) is 13.8 Å². The smallest absolute Gasteiger partial charge is 0.372 e. The zero-order valence-corrected chi connectivity index (χ0v) is 23.9. The van der Waals surface area contributed by atoms with E-state index in [1.807, 2.05) is 46.1 Å². The summed E-state index contributed by atoms with van der Waals surface area (Å²) >= 11 is 6.19. The van der Waals surface area contributed by atoms with Gasteiger partial charge in [0.05, 0.1) is 33.9 Å². The molecule has 0 fully saturated rings. The van der Waals surface area contributed by atoms with Crippen molar-refractivity contribution in [3.05, 3.63) is 75.7 Å². The van der Waals surface area contributed by atoms with Crippen LogP contribution in [0.1, 0.15) is 32.7 Å². The molecule has 3 N–H and O–H groups in total. The SMILES string of the molecule is Cc1ccc(C(=O)Nc2cc(N(C)CCN(C)C)c(Cl)c(C(F)(F)F)c2)cc1N1C=C(c2cnn(C)c2C)NN1. The second kappa shape index (κ2) is 11.4. The van der Waals surface area contributed by atoms with E-state index >= 15 is 0 Å². The van der Waals surface area contributed by atoms with E-state index in [0.717, 1.165) is 28.6 Å². The number of nitrogens with zero attached hydrogens (tertiary/aromatic N) is 5. The van der Waals surface area contributed by atoms with E-state index in [2.05, 4.69) is 21.4 Å². The van der Waals surface area contributed by atoms with E-state index in [0.29, 0.717) is 18.8 Å². The lowest BCUT2D eigenvalue weighted by atomic mass is 10.1. The van der Waals surface area contributed by atoms with Crippen LogP contribution < -0.4 is 26.2 Å². The molecule has 3 aromatic rings. The van der Waals surface area contributed by atoms with Gasteiger partial charge in [0.25, 0.3) is 5.91 Å². The topological polar surface area (TPSA) is 80.7 Å². The third-order valence-electron chi connectivity index (χ3n) is 6.74. The van der Waals surface area contributed by atoms with Crippen LogP contribution in [0.2, 0.25) is 5.02 Å². The molecule has 0 unspecified atom stereocenters. The van der Waals surface area contributed by atoms with Crippen LogP contribution in [-0.4, -0.2) is 54.8 Å². The van der Waals surface area contributed by atoms with Gasteiger partial charge in [0.1, 0.15) is 0 Å². The number of amides is 1. The molecule has 0 aliphatic carbocycles. The third-order valence-corrected chi connectivity index (χ3v) is 7.13. The van der Waals surface area contributed by atoms with Crippen LogP contribution >= 0.6 is 11.6 Å². The van der Waals surface area contributed by atoms with Crippen molar-refractivity contribution >= 4 is 40.3 Å². The summed E-state index contributed by atoms with van der Waals surface area (Å²) in [7, 11) is 7.25. The highest BCUT2D eigenvalue weighted by Gasteiger charge is 2.35. The Balaban J connectivity index is 1.61. The van der Waals surface area contributed by atoms with Gasteiger partial charge in [0, 0.05) is 55.9 Å². The van der Waals surface area contributed by atoms with Gasteiger partial charge >= 0.3 is 6.18 Å². The lowest BCUT2D eigenvalue weighted by Gasteiger charge is -2.25. The average molecular weight is 577 g/mol. The molecule has 40 heavy (non-hydrogen) atoms. The molecule has 13 heteroatoms. The van der Waals surface area contributed by atoms with Crippen molar-refractivity contribution in [2.24, 2.45) is 7.05 Å². The first kappa shape index (κ1) is 29.2. The highest BCUT2D eigenvalue weighted by Crippen LogP contribution is 2.42. The van der Waals surface area contributed by atoms with Gasteiger partial charge in [-0.3, -0.25) is 14.5 Å². The largest absolute Gasteiger partial charge is 0.417 e. The Kier molecular flexibility index (Phi) is 8.33. The average Bonchev–Trinajstić information content (AvgIpc) is 3.49. The van der Waals surface area contributed by atoms with Crippen LogP contribution in [0.4, 0.5) is 30.2 Å². The maximum atomic E-state index is 13.8. The predicted molar refractivity (Wildman–Crippen MR) is 152 cm³/mol. The summed E-state index contributed by atoms with van der Waals surface area (Å²) in [6.45, 7) is 4.89. The van der Waals surface area contributed by atoms with Crippen molar-refractivity contribution in [3.63, 3.8) is 0 Å². The highest BCUT2D eigenvalue weighted by molar-refractivity contribution is 6.34. The maximum absolute atomic E-state index is 13.8. The number of halogens is 4. The van der Waals surface area contributed by atoms with Crippen molar-refractivity contribution in [1.29, 1.82) is 0 Å². The van der Waals surface area contributed by atoms with E-state index in [9.17, 15) is 18.0 Å². The molecule has 0 saturated carbocycles.